The van der Waals surface area contributed by atoms with Gasteiger partial charge in [-0.3, -0.25) is 4.79 Å². The van der Waals surface area contributed by atoms with Gasteiger partial charge in [-0.1, -0.05) is 19.1 Å². The van der Waals surface area contributed by atoms with Gasteiger partial charge in [0, 0.05) is 25.9 Å². The second-order valence-electron chi connectivity index (χ2n) is 8.21. The van der Waals surface area contributed by atoms with Crippen LogP contribution in [0.4, 0.5) is 4.39 Å². The molecule has 0 saturated carbocycles. The van der Waals surface area contributed by atoms with Crippen LogP contribution in [0.5, 0.6) is 0 Å². The minimum absolute atomic E-state index is 0.00696. The van der Waals surface area contributed by atoms with Gasteiger partial charge in [0.05, 0.1) is 22.0 Å². The molecule has 0 aliphatic rings. The van der Waals surface area contributed by atoms with E-state index in [0.717, 1.165) is 17.5 Å². The number of aromatic nitrogens is 2. The van der Waals surface area contributed by atoms with Crippen LogP contribution in [0.25, 0.3) is 11.0 Å². The Morgan fingerprint density at radius 1 is 1.24 bits per heavy atom. The van der Waals surface area contributed by atoms with E-state index in [4.69, 9.17) is 5.14 Å². The maximum Gasteiger partial charge on any atom is 0.238 e. The van der Waals surface area contributed by atoms with Gasteiger partial charge in [-0.25, -0.2) is 22.9 Å². The van der Waals surface area contributed by atoms with Crippen molar-refractivity contribution < 1.29 is 17.6 Å². The highest BCUT2D eigenvalue weighted by atomic mass is 32.2. The normalized spacial score (nSPS) is 12.9. The van der Waals surface area contributed by atoms with Crippen LogP contribution >= 0.6 is 0 Å². The van der Waals surface area contributed by atoms with Gasteiger partial charge in [-0.15, -0.1) is 0 Å². The molecule has 0 aliphatic heterocycles. The minimum Gasteiger partial charge on any atom is -0.354 e. The fourth-order valence-electron chi connectivity index (χ4n) is 3.84. The molecule has 0 spiro atoms. The maximum atomic E-state index is 13.6. The number of hydrogen-bond donors (Lipinski definition) is 2. The number of imidazole rings is 1. The second kappa shape index (κ2) is 10.4. The summed E-state index contributed by atoms with van der Waals surface area (Å²) in [6.45, 7) is 3.08. The summed E-state index contributed by atoms with van der Waals surface area (Å²) < 4.78 is 39.0. The highest BCUT2D eigenvalue weighted by Crippen LogP contribution is 2.22. The first-order valence-corrected chi connectivity index (χ1v) is 12.3. The van der Waals surface area contributed by atoms with Crippen molar-refractivity contribution in [3.05, 3.63) is 59.7 Å². The van der Waals surface area contributed by atoms with E-state index in [1.807, 2.05) is 36.6 Å². The predicted molar refractivity (Wildman–Crippen MR) is 126 cm³/mol. The number of aryl methyl sites for hydroxylation is 2. The third kappa shape index (κ3) is 6.16. The van der Waals surface area contributed by atoms with Gasteiger partial charge in [0.25, 0.3) is 0 Å². The van der Waals surface area contributed by atoms with Gasteiger partial charge < -0.3 is 14.8 Å². The van der Waals surface area contributed by atoms with E-state index < -0.39 is 10.0 Å². The van der Waals surface area contributed by atoms with Crippen LogP contribution < -0.4 is 10.5 Å². The monoisotopic (exact) mass is 475 g/mol. The number of sulfonamides is 1. The van der Waals surface area contributed by atoms with Crippen molar-refractivity contribution in [3.63, 3.8) is 0 Å². The molecule has 33 heavy (non-hydrogen) atoms. The van der Waals surface area contributed by atoms with Crippen LogP contribution in [-0.4, -0.2) is 49.4 Å². The summed E-state index contributed by atoms with van der Waals surface area (Å²) in [6, 6.07) is 10.8. The molecule has 2 aromatic carbocycles. The molecule has 10 heteroatoms. The molecule has 0 radical (unpaired) electrons. The number of halogens is 1. The fourth-order valence-corrected chi connectivity index (χ4v) is 4.37. The lowest BCUT2D eigenvalue weighted by Gasteiger charge is -2.25. The number of nitrogens with two attached hydrogens (primary N) is 1. The van der Waals surface area contributed by atoms with Gasteiger partial charge in [-0.05, 0) is 56.4 Å². The fraction of sp³-hybridized carbons (Fsp3) is 0.391. The van der Waals surface area contributed by atoms with Crippen molar-refractivity contribution in [2.45, 2.75) is 43.7 Å². The molecular weight excluding hydrogens is 445 g/mol. The third-order valence-corrected chi connectivity index (χ3v) is 6.41. The predicted octanol–water partition coefficient (Wildman–Crippen LogP) is 2.58. The zero-order valence-corrected chi connectivity index (χ0v) is 19.9. The van der Waals surface area contributed by atoms with E-state index in [0.29, 0.717) is 30.9 Å². The van der Waals surface area contributed by atoms with Crippen LogP contribution in [0.15, 0.2) is 47.4 Å². The molecule has 3 rings (SSSR count). The number of fused-ring (bicyclic) bond motifs is 1. The summed E-state index contributed by atoms with van der Waals surface area (Å²) in [6.07, 6.45) is 1.48. The first-order chi connectivity index (χ1) is 15.6. The lowest BCUT2D eigenvalue weighted by atomic mass is 10.1. The summed E-state index contributed by atoms with van der Waals surface area (Å²) in [7, 11) is -0.0658. The average Bonchev–Trinajstić information content (AvgIpc) is 3.09. The minimum atomic E-state index is -3.82. The first-order valence-electron chi connectivity index (χ1n) is 10.8. The number of likely N-dealkylation sites (N-methyl/N-ethyl adjacent to an activating group) is 1. The van der Waals surface area contributed by atoms with Gasteiger partial charge in [-0.2, -0.15) is 0 Å². The Labute approximate surface area is 193 Å². The number of carbonyl (C=O) groups is 1. The largest absolute Gasteiger partial charge is 0.354 e. The molecule has 1 aromatic heterocycles. The highest BCUT2D eigenvalue weighted by Gasteiger charge is 2.18. The number of carbonyl (C=O) groups excluding carboxylic acids is 1. The first kappa shape index (κ1) is 24.8. The van der Waals surface area contributed by atoms with Crippen molar-refractivity contribution in [1.29, 1.82) is 0 Å². The molecule has 1 unspecified atom stereocenters. The third-order valence-electron chi connectivity index (χ3n) is 5.50. The number of benzene rings is 2. The zero-order valence-electron chi connectivity index (χ0n) is 19.1. The number of rotatable bonds is 10. The van der Waals surface area contributed by atoms with Gasteiger partial charge in [0.1, 0.15) is 11.6 Å². The van der Waals surface area contributed by atoms with Crippen molar-refractivity contribution >= 4 is 27.0 Å². The number of amides is 1. The van der Waals surface area contributed by atoms with Crippen molar-refractivity contribution in [3.8, 4) is 0 Å². The van der Waals surface area contributed by atoms with Crippen molar-refractivity contribution in [2.24, 2.45) is 5.14 Å². The molecule has 3 N–H and O–H groups in total. The lowest BCUT2D eigenvalue weighted by Crippen LogP contribution is -2.34. The summed E-state index contributed by atoms with van der Waals surface area (Å²) in [5.74, 6) is 0.257. The van der Waals surface area contributed by atoms with E-state index in [-0.39, 0.29) is 29.1 Å². The number of nitrogens with zero attached hydrogens (tertiary/aromatic N) is 3. The smallest absolute Gasteiger partial charge is 0.238 e. The second-order valence-corrected chi connectivity index (χ2v) is 9.78. The zero-order chi connectivity index (χ0) is 24.2. The molecule has 8 nitrogen and oxygen atoms in total. The molecule has 0 aliphatic carbocycles. The van der Waals surface area contributed by atoms with Crippen molar-refractivity contribution in [1.82, 2.24) is 19.8 Å². The average molecular weight is 476 g/mol. The molecule has 1 amide bonds. The van der Waals surface area contributed by atoms with Crippen LogP contribution in [0.1, 0.15) is 37.2 Å². The maximum absolute atomic E-state index is 13.6. The molecule has 0 saturated heterocycles. The van der Waals surface area contributed by atoms with E-state index in [1.165, 1.54) is 24.3 Å². The molecule has 3 aromatic rings. The van der Waals surface area contributed by atoms with Crippen LogP contribution in [0.2, 0.25) is 0 Å². The van der Waals surface area contributed by atoms with E-state index in [1.54, 1.807) is 12.1 Å². The molecular formula is C23H30FN5O3S. The van der Waals surface area contributed by atoms with Crippen LogP contribution in [0.3, 0.4) is 0 Å². The SMILES string of the molecule is CCCn1c(CCC(=O)NCC(c2cccc(F)c2)N(C)C)nc2cc(S(N)(=O)=O)ccc21. The quantitative estimate of drug-likeness (QED) is 0.468. The summed E-state index contributed by atoms with van der Waals surface area (Å²) in [4.78, 5) is 19.1. The van der Waals surface area contributed by atoms with Gasteiger partial charge in [0.2, 0.25) is 15.9 Å². The highest BCUT2D eigenvalue weighted by molar-refractivity contribution is 7.89. The van der Waals surface area contributed by atoms with Crippen LogP contribution in [-0.2, 0) is 27.8 Å². The Balaban J connectivity index is 1.71. The Kier molecular flexibility index (Phi) is 7.83. The summed E-state index contributed by atoms with van der Waals surface area (Å²) >= 11 is 0. The molecule has 1 heterocycles. The molecule has 1 atom stereocenters. The topological polar surface area (TPSA) is 110 Å². The number of nitrogens with one attached hydrogen (secondary N) is 1. The Morgan fingerprint density at radius 2 is 2.00 bits per heavy atom. The van der Waals surface area contributed by atoms with Gasteiger partial charge in [0.15, 0.2) is 0 Å². The number of primary sulfonamides is 1. The molecule has 178 valence electrons. The van der Waals surface area contributed by atoms with Crippen molar-refractivity contribution in [2.75, 3.05) is 20.6 Å². The van der Waals surface area contributed by atoms with E-state index >= 15 is 0 Å². The summed E-state index contributed by atoms with van der Waals surface area (Å²) in [5, 5.41) is 8.17. The Morgan fingerprint density at radius 3 is 2.64 bits per heavy atom. The molecule has 0 fully saturated rings. The molecule has 0 bridgehead atoms. The van der Waals surface area contributed by atoms with E-state index in [2.05, 4.69) is 10.3 Å². The van der Waals surface area contributed by atoms with E-state index in [9.17, 15) is 17.6 Å². The van der Waals surface area contributed by atoms with Gasteiger partial charge >= 0.3 is 0 Å². The van der Waals surface area contributed by atoms with Crippen LogP contribution in [0, 0.1) is 5.82 Å². The standard InChI is InChI=1S/C23H30FN5O3S/c1-4-12-29-20-9-8-18(33(25,31)32)14-19(20)27-22(29)10-11-23(30)26-15-21(28(2)3)16-6-5-7-17(24)13-16/h5-9,13-14,21H,4,10-12,15H2,1-3H3,(H,26,30)(H2,25,31,32). The summed E-state index contributed by atoms with van der Waals surface area (Å²) in [5.41, 5.74) is 2.12. The Bertz CT molecular complexity index is 1240. The number of hydrogen-bond acceptors (Lipinski definition) is 5. The lowest BCUT2D eigenvalue weighted by molar-refractivity contribution is -0.121. The Hall–Kier alpha value is -2.82.